The predicted octanol–water partition coefficient (Wildman–Crippen LogP) is -0.497. The van der Waals surface area contributed by atoms with Gasteiger partial charge in [-0.15, -0.1) is 0 Å². The van der Waals surface area contributed by atoms with Crippen LogP contribution in [0.5, 0.6) is 0 Å². The van der Waals surface area contributed by atoms with Gasteiger partial charge in [-0.3, -0.25) is 0 Å². The van der Waals surface area contributed by atoms with Crippen molar-refractivity contribution in [1.82, 2.24) is 0 Å². The fourth-order valence-electron chi connectivity index (χ4n) is 0.758. The standard InChI is InChI=1S/C7H6AsO4/c9-7(10)5-2-1-3-6(4-5)8(11)12/h1-4H,(H,9,10)(H,11,12). The van der Waals surface area contributed by atoms with Crippen molar-refractivity contribution in [2.24, 2.45) is 0 Å². The third-order valence-corrected chi connectivity index (χ3v) is 2.82. The van der Waals surface area contributed by atoms with Gasteiger partial charge in [0.15, 0.2) is 0 Å². The van der Waals surface area contributed by atoms with Gasteiger partial charge in [-0.2, -0.15) is 0 Å². The first kappa shape index (κ1) is 9.10. The van der Waals surface area contributed by atoms with Crippen LogP contribution in [0.4, 0.5) is 0 Å². The molecule has 0 aliphatic rings. The fraction of sp³-hybridized carbons (Fsp3) is 0. The zero-order valence-corrected chi connectivity index (χ0v) is 7.84. The normalized spacial score (nSPS) is 10.9. The molecule has 0 saturated carbocycles. The minimum atomic E-state index is -3.17. The molecule has 0 saturated heterocycles. The first-order valence-corrected chi connectivity index (χ1v) is 5.65. The number of hydrogen-bond donors (Lipinski definition) is 2. The van der Waals surface area contributed by atoms with E-state index in [0.717, 1.165) is 0 Å². The van der Waals surface area contributed by atoms with E-state index in [9.17, 15) is 8.53 Å². The molecule has 12 heavy (non-hydrogen) atoms. The van der Waals surface area contributed by atoms with E-state index in [1.807, 2.05) is 0 Å². The quantitative estimate of drug-likeness (QED) is 0.670. The van der Waals surface area contributed by atoms with Crippen LogP contribution in [-0.4, -0.2) is 30.1 Å². The van der Waals surface area contributed by atoms with Crippen molar-refractivity contribution in [1.29, 1.82) is 0 Å². The summed E-state index contributed by atoms with van der Waals surface area (Å²) in [6.07, 6.45) is 0. The van der Waals surface area contributed by atoms with Gasteiger partial charge in [-0.05, 0) is 0 Å². The van der Waals surface area contributed by atoms with Crippen molar-refractivity contribution in [2.45, 2.75) is 0 Å². The number of benzene rings is 1. The molecular formula is C7H6AsO4. The van der Waals surface area contributed by atoms with E-state index in [-0.39, 0.29) is 9.91 Å². The molecule has 2 N–H and O–H groups in total. The van der Waals surface area contributed by atoms with Crippen molar-refractivity contribution in [3.8, 4) is 0 Å². The van der Waals surface area contributed by atoms with Gasteiger partial charge in [-0.25, -0.2) is 0 Å². The second-order valence-electron chi connectivity index (χ2n) is 2.13. The molecule has 1 rings (SSSR count). The Kier molecular flexibility index (Phi) is 2.73. The summed E-state index contributed by atoms with van der Waals surface area (Å²) in [6, 6.07) is 5.49. The molecule has 1 radical (unpaired) electrons. The Morgan fingerprint density at radius 2 is 2.08 bits per heavy atom. The second-order valence-corrected chi connectivity index (χ2v) is 4.36. The van der Waals surface area contributed by atoms with Crippen molar-refractivity contribution < 1.29 is 17.7 Å². The first-order valence-electron chi connectivity index (χ1n) is 3.11. The van der Waals surface area contributed by atoms with Crippen LogP contribution in [0.2, 0.25) is 0 Å². The number of carboxylic acid groups (broad SMARTS) is 1. The zero-order chi connectivity index (χ0) is 9.14. The molecule has 63 valence electrons. The van der Waals surface area contributed by atoms with Gasteiger partial charge in [0.25, 0.3) is 0 Å². The van der Waals surface area contributed by atoms with Gasteiger partial charge in [0.2, 0.25) is 0 Å². The molecule has 1 aromatic carbocycles. The average molecular weight is 229 g/mol. The summed E-state index contributed by atoms with van der Waals surface area (Å²) in [5.74, 6) is -1.09. The van der Waals surface area contributed by atoms with Crippen molar-refractivity contribution in [2.75, 3.05) is 0 Å². The Labute approximate surface area is 73.3 Å². The van der Waals surface area contributed by atoms with Crippen LogP contribution in [0.1, 0.15) is 10.4 Å². The van der Waals surface area contributed by atoms with Gasteiger partial charge >= 0.3 is 72.8 Å². The van der Waals surface area contributed by atoms with E-state index in [4.69, 9.17) is 9.20 Å². The van der Waals surface area contributed by atoms with E-state index in [1.54, 1.807) is 0 Å². The molecule has 5 heteroatoms. The SMILES string of the molecule is O=C(O)c1cccc([As](=O)O)c1. The van der Waals surface area contributed by atoms with Gasteiger partial charge in [0.1, 0.15) is 0 Å². The molecule has 1 aromatic rings. The first-order chi connectivity index (χ1) is 5.61. The summed E-state index contributed by atoms with van der Waals surface area (Å²) in [6.45, 7) is 0. The molecule has 0 aliphatic heterocycles. The maximum absolute atomic E-state index is 10.6. The molecule has 1 unspecified atom stereocenters. The molecular weight excluding hydrogens is 223 g/mol. The molecule has 0 bridgehead atoms. The van der Waals surface area contributed by atoms with Gasteiger partial charge in [0.05, 0.1) is 0 Å². The monoisotopic (exact) mass is 229 g/mol. The van der Waals surface area contributed by atoms with Gasteiger partial charge < -0.3 is 0 Å². The topological polar surface area (TPSA) is 74.6 Å². The molecule has 0 spiro atoms. The Morgan fingerprint density at radius 1 is 1.42 bits per heavy atom. The molecule has 0 aromatic heterocycles. The summed E-state index contributed by atoms with van der Waals surface area (Å²) in [4.78, 5) is 10.4. The van der Waals surface area contributed by atoms with Crippen LogP contribution in [0.25, 0.3) is 0 Å². The second kappa shape index (κ2) is 3.61. The molecule has 4 nitrogen and oxygen atoms in total. The van der Waals surface area contributed by atoms with E-state index in [0.29, 0.717) is 0 Å². The van der Waals surface area contributed by atoms with Crippen molar-refractivity contribution in [3.05, 3.63) is 29.8 Å². The van der Waals surface area contributed by atoms with Gasteiger partial charge in [-0.1, -0.05) is 0 Å². The molecule has 1 atom stereocenters. The van der Waals surface area contributed by atoms with Crippen LogP contribution in [0.15, 0.2) is 24.3 Å². The fourth-order valence-corrected chi connectivity index (χ4v) is 1.73. The minimum absolute atomic E-state index is 0.0387. The molecule has 0 amide bonds. The maximum atomic E-state index is 10.6. The van der Waals surface area contributed by atoms with E-state index >= 15 is 0 Å². The summed E-state index contributed by atoms with van der Waals surface area (Å²) in [7, 11) is 0. The van der Waals surface area contributed by atoms with E-state index in [2.05, 4.69) is 0 Å². The summed E-state index contributed by atoms with van der Waals surface area (Å²) in [5, 5.41) is 8.52. The Morgan fingerprint density at radius 3 is 2.58 bits per heavy atom. The van der Waals surface area contributed by atoms with Crippen LogP contribution in [0, 0.1) is 0 Å². The van der Waals surface area contributed by atoms with Crippen molar-refractivity contribution in [3.63, 3.8) is 0 Å². The van der Waals surface area contributed by atoms with Crippen LogP contribution in [0.3, 0.4) is 0 Å². The number of hydrogen-bond acceptors (Lipinski definition) is 2. The Bertz CT molecular complexity index is 305. The Balaban J connectivity index is 3.12. The van der Waals surface area contributed by atoms with Crippen molar-refractivity contribution >= 4 is 25.3 Å². The summed E-state index contributed by atoms with van der Waals surface area (Å²) >= 11 is -3.17. The zero-order valence-electron chi connectivity index (χ0n) is 5.97. The summed E-state index contributed by atoms with van der Waals surface area (Å²) in [5.41, 5.74) is 0.0387. The number of carboxylic acids is 1. The molecule has 0 heterocycles. The predicted molar refractivity (Wildman–Crippen MR) is 41.7 cm³/mol. The van der Waals surface area contributed by atoms with Crippen LogP contribution < -0.4 is 4.35 Å². The Hall–Kier alpha value is -0.992. The number of carbonyl (C=O) groups is 1. The summed E-state index contributed by atoms with van der Waals surface area (Å²) < 4.78 is 19.5. The van der Waals surface area contributed by atoms with E-state index < -0.39 is 20.9 Å². The third-order valence-electron chi connectivity index (χ3n) is 1.31. The number of rotatable bonds is 2. The third kappa shape index (κ3) is 2.00. The average Bonchev–Trinajstić information content (AvgIpc) is 2.04. The van der Waals surface area contributed by atoms with Crippen LogP contribution >= 0.6 is 0 Å². The molecule has 0 fully saturated rings. The van der Waals surface area contributed by atoms with Crippen LogP contribution in [-0.2, 0) is 3.74 Å². The number of aromatic carboxylic acids is 1. The molecule has 0 aliphatic carbocycles. The van der Waals surface area contributed by atoms with Gasteiger partial charge in [0, 0.05) is 0 Å². The van der Waals surface area contributed by atoms with E-state index in [1.165, 1.54) is 24.3 Å².